The van der Waals surface area contributed by atoms with E-state index in [1.165, 1.54) is 0 Å². The molecule has 0 aliphatic heterocycles. The van der Waals surface area contributed by atoms with Crippen molar-refractivity contribution in [3.05, 3.63) is 0 Å². The van der Waals surface area contributed by atoms with Crippen molar-refractivity contribution in [1.29, 1.82) is 5.26 Å². The minimum Gasteiger partial charge on any atom is -0.379 e. The molecule has 2 unspecified atom stereocenters. The molecule has 100 valence electrons. The highest BCUT2D eigenvalue weighted by Gasteiger charge is 2.26. The summed E-state index contributed by atoms with van der Waals surface area (Å²) in [5, 5.41) is 12.7. The van der Waals surface area contributed by atoms with E-state index < -0.39 is 0 Å². The predicted molar refractivity (Wildman–Crippen MR) is 71.9 cm³/mol. The van der Waals surface area contributed by atoms with Crippen LogP contribution in [0.15, 0.2) is 0 Å². The minimum atomic E-state index is -0.352. The molecule has 0 aliphatic rings. The van der Waals surface area contributed by atoms with Crippen LogP contribution in [0.4, 0.5) is 0 Å². The molecule has 0 aromatic rings. The molecule has 3 nitrogen and oxygen atoms in total. The smallest absolute Gasteiger partial charge is 0.106 e. The van der Waals surface area contributed by atoms with Gasteiger partial charge in [-0.2, -0.15) is 5.26 Å². The van der Waals surface area contributed by atoms with Gasteiger partial charge in [-0.15, -0.1) is 0 Å². The molecule has 0 aliphatic carbocycles. The highest BCUT2D eigenvalue weighted by molar-refractivity contribution is 5.06. The van der Waals surface area contributed by atoms with Gasteiger partial charge in [0.25, 0.3) is 0 Å². The van der Waals surface area contributed by atoms with Gasteiger partial charge in [-0.05, 0) is 45.6 Å². The molecule has 0 radical (unpaired) electrons. The van der Waals surface area contributed by atoms with Crippen molar-refractivity contribution < 1.29 is 4.74 Å². The molecule has 0 saturated carbocycles. The zero-order valence-corrected chi connectivity index (χ0v) is 11.9. The zero-order valence-electron chi connectivity index (χ0n) is 11.9. The second-order valence-corrected chi connectivity index (χ2v) is 4.67. The van der Waals surface area contributed by atoms with Gasteiger partial charge < -0.3 is 4.74 Å². The van der Waals surface area contributed by atoms with Crippen LogP contribution in [0, 0.1) is 11.3 Å². The van der Waals surface area contributed by atoms with E-state index in [9.17, 15) is 5.26 Å². The van der Waals surface area contributed by atoms with E-state index >= 15 is 0 Å². The number of rotatable bonds is 10. The van der Waals surface area contributed by atoms with Gasteiger partial charge in [-0.3, -0.25) is 5.32 Å². The summed E-state index contributed by atoms with van der Waals surface area (Å²) in [5.74, 6) is 0. The zero-order chi connectivity index (χ0) is 13.1. The van der Waals surface area contributed by atoms with Gasteiger partial charge in [-0.1, -0.05) is 20.8 Å². The average molecular weight is 240 g/mol. The molecule has 3 heteroatoms. The fourth-order valence-corrected chi connectivity index (χ4v) is 1.71. The standard InChI is InChI=1S/C14H28N2O/c1-5-10-16-14(7-3,12-15)9-8-11-17-13(4)6-2/h13,16H,5-11H2,1-4H3. The first-order chi connectivity index (χ1) is 8.14. The third-order valence-electron chi connectivity index (χ3n) is 3.26. The average Bonchev–Trinajstić information content (AvgIpc) is 2.38. The monoisotopic (exact) mass is 240 g/mol. The summed E-state index contributed by atoms with van der Waals surface area (Å²) in [5.41, 5.74) is -0.352. The van der Waals surface area contributed by atoms with E-state index in [2.05, 4.69) is 39.1 Å². The second kappa shape index (κ2) is 9.44. The maximum absolute atomic E-state index is 9.30. The van der Waals surface area contributed by atoms with E-state index in [-0.39, 0.29) is 5.54 Å². The predicted octanol–water partition coefficient (Wildman–Crippen LogP) is 3.25. The van der Waals surface area contributed by atoms with E-state index in [4.69, 9.17) is 4.74 Å². The van der Waals surface area contributed by atoms with Gasteiger partial charge in [0.15, 0.2) is 0 Å². The van der Waals surface area contributed by atoms with Crippen molar-refractivity contribution in [2.24, 2.45) is 0 Å². The Morgan fingerprint density at radius 2 is 2.06 bits per heavy atom. The van der Waals surface area contributed by atoms with Crippen LogP contribution in [0.3, 0.4) is 0 Å². The number of nitriles is 1. The lowest BCUT2D eigenvalue weighted by molar-refractivity contribution is 0.0581. The Labute approximate surface area is 107 Å². The van der Waals surface area contributed by atoms with Crippen LogP contribution < -0.4 is 5.32 Å². The van der Waals surface area contributed by atoms with Crippen molar-refractivity contribution in [3.63, 3.8) is 0 Å². The Balaban J connectivity index is 3.96. The normalized spacial score (nSPS) is 16.2. The Morgan fingerprint density at radius 1 is 1.35 bits per heavy atom. The van der Waals surface area contributed by atoms with Gasteiger partial charge >= 0.3 is 0 Å². The van der Waals surface area contributed by atoms with Gasteiger partial charge in [0.1, 0.15) is 5.54 Å². The minimum absolute atomic E-state index is 0.330. The highest BCUT2D eigenvalue weighted by Crippen LogP contribution is 2.17. The SMILES string of the molecule is CCCNC(C#N)(CC)CCCOC(C)CC. The number of hydrogen-bond acceptors (Lipinski definition) is 3. The van der Waals surface area contributed by atoms with E-state index in [1.807, 2.05) is 0 Å². The number of nitrogens with zero attached hydrogens (tertiary/aromatic N) is 1. The molecule has 0 saturated heterocycles. The van der Waals surface area contributed by atoms with Crippen LogP contribution >= 0.6 is 0 Å². The Bertz CT molecular complexity index is 225. The third-order valence-corrected chi connectivity index (χ3v) is 3.26. The summed E-state index contributed by atoms with van der Waals surface area (Å²) in [4.78, 5) is 0. The van der Waals surface area contributed by atoms with Crippen molar-refractivity contribution in [1.82, 2.24) is 5.32 Å². The molecular formula is C14H28N2O. The molecule has 0 fully saturated rings. The first-order valence-electron chi connectivity index (χ1n) is 6.92. The summed E-state index contributed by atoms with van der Waals surface area (Å²) in [6, 6.07) is 2.44. The summed E-state index contributed by atoms with van der Waals surface area (Å²) in [6.07, 6.45) is 5.11. The van der Waals surface area contributed by atoms with Crippen molar-refractivity contribution in [2.45, 2.75) is 71.4 Å². The van der Waals surface area contributed by atoms with Crippen LogP contribution in [0.2, 0.25) is 0 Å². The number of hydrogen-bond donors (Lipinski definition) is 1. The first kappa shape index (κ1) is 16.4. The molecule has 0 aromatic heterocycles. The largest absolute Gasteiger partial charge is 0.379 e. The first-order valence-corrected chi connectivity index (χ1v) is 6.92. The Kier molecular flexibility index (Phi) is 9.11. The molecule has 0 aromatic carbocycles. The topological polar surface area (TPSA) is 45.0 Å². The van der Waals surface area contributed by atoms with Gasteiger partial charge in [0.05, 0.1) is 12.2 Å². The molecule has 0 heterocycles. The van der Waals surface area contributed by atoms with Gasteiger partial charge in [0, 0.05) is 6.61 Å². The van der Waals surface area contributed by atoms with E-state index in [0.29, 0.717) is 6.10 Å². The fourth-order valence-electron chi connectivity index (χ4n) is 1.71. The summed E-state index contributed by atoms with van der Waals surface area (Å²) in [6.45, 7) is 10.1. The van der Waals surface area contributed by atoms with Crippen molar-refractivity contribution >= 4 is 0 Å². The number of nitrogens with one attached hydrogen (secondary N) is 1. The molecule has 2 atom stereocenters. The molecular weight excluding hydrogens is 212 g/mol. The van der Waals surface area contributed by atoms with Crippen LogP contribution in [-0.4, -0.2) is 24.8 Å². The Hall–Kier alpha value is -0.590. The lowest BCUT2D eigenvalue weighted by Gasteiger charge is -2.26. The van der Waals surface area contributed by atoms with Crippen molar-refractivity contribution in [2.75, 3.05) is 13.2 Å². The summed E-state index contributed by atoms with van der Waals surface area (Å²) >= 11 is 0. The van der Waals surface area contributed by atoms with Crippen LogP contribution in [0.25, 0.3) is 0 Å². The van der Waals surface area contributed by atoms with Gasteiger partial charge in [-0.25, -0.2) is 0 Å². The molecule has 0 bridgehead atoms. The summed E-state index contributed by atoms with van der Waals surface area (Å²) < 4.78 is 5.64. The molecule has 0 rings (SSSR count). The van der Waals surface area contributed by atoms with E-state index in [1.54, 1.807) is 0 Å². The molecule has 0 spiro atoms. The second-order valence-electron chi connectivity index (χ2n) is 4.67. The maximum Gasteiger partial charge on any atom is 0.106 e. The highest BCUT2D eigenvalue weighted by atomic mass is 16.5. The molecule has 17 heavy (non-hydrogen) atoms. The van der Waals surface area contributed by atoms with E-state index in [0.717, 1.165) is 45.3 Å². The quantitative estimate of drug-likeness (QED) is 0.596. The fraction of sp³-hybridized carbons (Fsp3) is 0.929. The summed E-state index contributed by atoms with van der Waals surface area (Å²) in [7, 11) is 0. The number of ether oxygens (including phenoxy) is 1. The third kappa shape index (κ3) is 6.65. The Morgan fingerprint density at radius 3 is 2.53 bits per heavy atom. The van der Waals surface area contributed by atoms with Crippen LogP contribution in [0.5, 0.6) is 0 Å². The molecule has 1 N–H and O–H groups in total. The maximum atomic E-state index is 9.30. The van der Waals surface area contributed by atoms with Gasteiger partial charge in [0.2, 0.25) is 0 Å². The van der Waals surface area contributed by atoms with Crippen molar-refractivity contribution in [3.8, 4) is 6.07 Å². The molecule has 0 amide bonds. The van der Waals surface area contributed by atoms with Crippen LogP contribution in [0.1, 0.15) is 59.8 Å². The lowest BCUT2D eigenvalue weighted by atomic mass is 9.92. The lowest BCUT2D eigenvalue weighted by Crippen LogP contribution is -2.44. The van der Waals surface area contributed by atoms with Crippen LogP contribution in [-0.2, 0) is 4.74 Å².